The molecule has 0 spiro atoms. The van der Waals surface area contributed by atoms with Gasteiger partial charge in [-0.3, -0.25) is 0 Å². The van der Waals surface area contributed by atoms with Crippen molar-refractivity contribution in [2.75, 3.05) is 0 Å². The summed E-state index contributed by atoms with van der Waals surface area (Å²) >= 11 is 8.55. The number of benzene rings is 2. The molecule has 0 bridgehead atoms. The van der Waals surface area contributed by atoms with Gasteiger partial charge in [0.15, 0.2) is 5.82 Å². The molecule has 0 unspecified atom stereocenters. The lowest BCUT2D eigenvalue weighted by Crippen LogP contribution is -1.92. The van der Waals surface area contributed by atoms with Crippen LogP contribution in [0.5, 0.6) is 0 Å². The number of nitrogens with zero attached hydrogens (tertiary/aromatic N) is 2. The molecule has 4 heteroatoms. The quantitative estimate of drug-likeness (QED) is 0.445. The van der Waals surface area contributed by atoms with E-state index < -0.39 is 0 Å². The fraction of sp³-hybridized carbons (Fsp3) is 0.125. The van der Waals surface area contributed by atoms with Gasteiger partial charge in [0.2, 0.25) is 0 Å². The maximum atomic E-state index is 6.29. The zero-order valence-corrected chi connectivity index (χ0v) is 13.8. The molecule has 20 heavy (non-hydrogen) atoms. The molecule has 2 nitrogen and oxygen atoms in total. The van der Waals surface area contributed by atoms with Crippen LogP contribution in [0.4, 0.5) is 0 Å². The van der Waals surface area contributed by atoms with E-state index in [-0.39, 0.29) is 0 Å². The van der Waals surface area contributed by atoms with Gasteiger partial charge in [0.1, 0.15) is 5.15 Å². The smallest absolute Gasteiger partial charge is 0.161 e. The molecular formula is C16H12ClIN2. The minimum absolute atomic E-state index is 0.503. The van der Waals surface area contributed by atoms with Crippen LogP contribution in [0.3, 0.4) is 0 Å². The van der Waals surface area contributed by atoms with E-state index in [9.17, 15) is 0 Å². The number of fused-ring (bicyclic) bond motifs is 1. The Bertz CT molecular complexity index is 769. The lowest BCUT2D eigenvalue weighted by molar-refractivity contribution is 1.14. The number of hydrogen-bond acceptors (Lipinski definition) is 2. The van der Waals surface area contributed by atoms with Gasteiger partial charge in [-0.1, -0.05) is 42.8 Å². The van der Waals surface area contributed by atoms with Gasteiger partial charge in [0.25, 0.3) is 0 Å². The Balaban J connectivity index is 2.14. The topological polar surface area (TPSA) is 25.8 Å². The molecule has 0 aliphatic carbocycles. The Morgan fingerprint density at radius 3 is 2.50 bits per heavy atom. The predicted molar refractivity (Wildman–Crippen MR) is 92.1 cm³/mol. The number of rotatable bonds is 2. The van der Waals surface area contributed by atoms with Crippen LogP contribution in [0.1, 0.15) is 12.5 Å². The van der Waals surface area contributed by atoms with E-state index in [1.165, 1.54) is 5.56 Å². The second-order valence-electron chi connectivity index (χ2n) is 4.55. The number of aromatic nitrogens is 2. The van der Waals surface area contributed by atoms with Crippen molar-refractivity contribution in [2.45, 2.75) is 13.3 Å². The van der Waals surface area contributed by atoms with Gasteiger partial charge in [0, 0.05) is 14.5 Å². The van der Waals surface area contributed by atoms with Crippen molar-refractivity contribution in [2.24, 2.45) is 0 Å². The summed E-state index contributed by atoms with van der Waals surface area (Å²) in [5.41, 5.74) is 3.17. The van der Waals surface area contributed by atoms with Crippen LogP contribution < -0.4 is 0 Å². The van der Waals surface area contributed by atoms with Crippen LogP contribution in [0.2, 0.25) is 5.15 Å². The highest BCUT2D eigenvalue weighted by Crippen LogP contribution is 2.26. The zero-order chi connectivity index (χ0) is 14.1. The summed E-state index contributed by atoms with van der Waals surface area (Å²) in [5.74, 6) is 0.673. The first kappa shape index (κ1) is 13.8. The average Bonchev–Trinajstić information content (AvgIpc) is 2.48. The molecule has 0 saturated carbocycles. The third kappa shape index (κ3) is 2.65. The molecule has 2 aromatic carbocycles. The van der Waals surface area contributed by atoms with Crippen LogP contribution >= 0.6 is 34.2 Å². The van der Waals surface area contributed by atoms with Gasteiger partial charge < -0.3 is 0 Å². The van der Waals surface area contributed by atoms with Crippen molar-refractivity contribution in [1.82, 2.24) is 9.97 Å². The van der Waals surface area contributed by atoms with Crippen LogP contribution in [0.25, 0.3) is 22.3 Å². The normalized spacial score (nSPS) is 10.9. The molecule has 0 radical (unpaired) electrons. The van der Waals surface area contributed by atoms with Crippen LogP contribution in [-0.4, -0.2) is 9.97 Å². The van der Waals surface area contributed by atoms with Crippen molar-refractivity contribution in [3.8, 4) is 11.4 Å². The first-order valence-electron chi connectivity index (χ1n) is 6.39. The molecule has 0 fully saturated rings. The summed E-state index contributed by atoms with van der Waals surface area (Å²) < 4.78 is 1.13. The van der Waals surface area contributed by atoms with Crippen LogP contribution in [0, 0.1) is 3.57 Å². The summed E-state index contributed by atoms with van der Waals surface area (Å²) in [5, 5.41) is 1.40. The SMILES string of the molecule is CCc1ccc(-c2nc(Cl)c3cc(I)ccc3n2)cc1. The summed E-state index contributed by atoms with van der Waals surface area (Å²) in [7, 11) is 0. The Morgan fingerprint density at radius 2 is 1.80 bits per heavy atom. The van der Waals surface area contributed by atoms with Crippen LogP contribution in [-0.2, 0) is 6.42 Å². The molecule has 0 saturated heterocycles. The van der Waals surface area contributed by atoms with Crippen molar-refractivity contribution in [3.63, 3.8) is 0 Å². The average molecular weight is 395 g/mol. The molecule has 3 rings (SSSR count). The number of halogens is 2. The molecule has 0 aliphatic heterocycles. The van der Waals surface area contributed by atoms with E-state index in [2.05, 4.69) is 51.6 Å². The van der Waals surface area contributed by atoms with Crippen LogP contribution in [0.15, 0.2) is 42.5 Å². The fourth-order valence-electron chi connectivity index (χ4n) is 2.08. The lowest BCUT2D eigenvalue weighted by Gasteiger charge is -2.06. The summed E-state index contributed by atoms with van der Waals surface area (Å²) in [4.78, 5) is 9.02. The molecule has 3 aromatic rings. The fourth-order valence-corrected chi connectivity index (χ4v) is 2.80. The van der Waals surface area contributed by atoms with Crippen molar-refractivity contribution >= 4 is 45.1 Å². The second kappa shape index (κ2) is 5.66. The molecule has 0 atom stereocenters. The van der Waals surface area contributed by atoms with Gasteiger partial charge in [-0.05, 0) is 52.8 Å². The van der Waals surface area contributed by atoms with Gasteiger partial charge in [0.05, 0.1) is 5.52 Å². The van der Waals surface area contributed by atoms with Crippen molar-refractivity contribution < 1.29 is 0 Å². The number of aryl methyl sites for hydroxylation is 1. The summed E-state index contributed by atoms with van der Waals surface area (Å²) in [6, 6.07) is 14.3. The Hall–Kier alpha value is -1.20. The highest BCUT2D eigenvalue weighted by atomic mass is 127. The predicted octanol–water partition coefficient (Wildman–Crippen LogP) is 5.12. The maximum absolute atomic E-state index is 6.29. The van der Waals surface area contributed by atoms with Gasteiger partial charge in [-0.15, -0.1) is 0 Å². The zero-order valence-electron chi connectivity index (χ0n) is 10.9. The first-order valence-corrected chi connectivity index (χ1v) is 7.85. The monoisotopic (exact) mass is 394 g/mol. The minimum atomic E-state index is 0.503. The van der Waals surface area contributed by atoms with Gasteiger partial charge in [-0.25, -0.2) is 9.97 Å². The minimum Gasteiger partial charge on any atom is -0.228 e. The Morgan fingerprint density at radius 1 is 1.05 bits per heavy atom. The molecular weight excluding hydrogens is 383 g/mol. The van der Waals surface area contributed by atoms with E-state index >= 15 is 0 Å². The molecule has 0 amide bonds. The number of hydrogen-bond donors (Lipinski definition) is 0. The molecule has 1 heterocycles. The van der Waals surface area contributed by atoms with E-state index in [0.717, 1.165) is 26.5 Å². The standard InChI is InChI=1S/C16H12ClIN2/c1-2-10-3-5-11(6-4-10)16-19-14-8-7-12(18)9-13(14)15(17)20-16/h3-9H,2H2,1H3. The first-order chi connectivity index (χ1) is 9.67. The van der Waals surface area contributed by atoms with E-state index in [1.807, 2.05) is 30.3 Å². The van der Waals surface area contributed by atoms with Gasteiger partial charge in [-0.2, -0.15) is 0 Å². The highest BCUT2D eigenvalue weighted by Gasteiger charge is 2.08. The Kier molecular flexibility index (Phi) is 3.89. The second-order valence-corrected chi connectivity index (χ2v) is 6.15. The Labute approximate surface area is 136 Å². The highest BCUT2D eigenvalue weighted by molar-refractivity contribution is 14.1. The maximum Gasteiger partial charge on any atom is 0.161 e. The third-order valence-electron chi connectivity index (χ3n) is 3.23. The molecule has 0 N–H and O–H groups in total. The molecule has 0 aliphatic rings. The van der Waals surface area contributed by atoms with E-state index in [0.29, 0.717) is 11.0 Å². The summed E-state index contributed by atoms with van der Waals surface area (Å²) in [6.45, 7) is 2.14. The van der Waals surface area contributed by atoms with E-state index in [4.69, 9.17) is 11.6 Å². The van der Waals surface area contributed by atoms with E-state index in [1.54, 1.807) is 0 Å². The molecule has 1 aromatic heterocycles. The molecule has 100 valence electrons. The lowest BCUT2D eigenvalue weighted by atomic mass is 10.1. The summed E-state index contributed by atoms with van der Waals surface area (Å²) in [6.07, 6.45) is 1.03. The largest absolute Gasteiger partial charge is 0.228 e. The van der Waals surface area contributed by atoms with Crippen molar-refractivity contribution in [3.05, 3.63) is 56.8 Å². The van der Waals surface area contributed by atoms with Gasteiger partial charge >= 0.3 is 0 Å². The van der Waals surface area contributed by atoms with Crippen molar-refractivity contribution in [1.29, 1.82) is 0 Å². The third-order valence-corrected chi connectivity index (χ3v) is 4.19.